The van der Waals surface area contributed by atoms with E-state index in [-0.39, 0.29) is 0 Å². The van der Waals surface area contributed by atoms with Gasteiger partial charge in [-0.3, -0.25) is 0 Å². The Balaban J connectivity index is 1.01. The lowest BCUT2D eigenvalue weighted by molar-refractivity contribution is -0.00518. The molecule has 4 fully saturated rings. The highest BCUT2D eigenvalue weighted by Gasteiger charge is 2.51. The average molecular weight is 649 g/mol. The van der Waals surface area contributed by atoms with Crippen molar-refractivity contribution in [2.24, 2.45) is 17.8 Å². The van der Waals surface area contributed by atoms with Crippen LogP contribution >= 0.6 is 0 Å². The minimum absolute atomic E-state index is 0.381. The van der Waals surface area contributed by atoms with Crippen molar-refractivity contribution in [1.29, 1.82) is 0 Å². The van der Waals surface area contributed by atoms with Crippen LogP contribution in [0.2, 0.25) is 0 Å². The van der Waals surface area contributed by atoms with E-state index in [0.717, 1.165) is 95.6 Å². The first-order valence-electron chi connectivity index (χ1n) is 18.1. The normalized spacial score (nSPS) is 22.6. The van der Waals surface area contributed by atoms with Crippen molar-refractivity contribution in [3.05, 3.63) is 133 Å². The van der Waals surface area contributed by atoms with Crippen LogP contribution in [0.15, 0.2) is 137 Å². The molecule has 4 bridgehead atoms. The zero-order chi connectivity index (χ0) is 32.8. The monoisotopic (exact) mass is 648 g/mol. The lowest BCUT2D eigenvalue weighted by atomic mass is 9.48. The van der Waals surface area contributed by atoms with Gasteiger partial charge in [0.05, 0.1) is 11.4 Å². The maximum atomic E-state index is 6.23. The van der Waals surface area contributed by atoms with E-state index in [4.69, 9.17) is 18.8 Å². The van der Waals surface area contributed by atoms with Crippen LogP contribution in [0.5, 0.6) is 0 Å². The Labute approximate surface area is 290 Å². The maximum absolute atomic E-state index is 6.23. The van der Waals surface area contributed by atoms with Crippen LogP contribution in [-0.2, 0) is 5.41 Å². The molecule has 3 heterocycles. The minimum atomic E-state index is 0.381. The van der Waals surface area contributed by atoms with Gasteiger partial charge in [-0.15, -0.1) is 0 Å². The molecular formula is C46H36N2O2. The lowest BCUT2D eigenvalue weighted by Gasteiger charge is -2.57. The Kier molecular flexibility index (Phi) is 6.10. The predicted molar refractivity (Wildman–Crippen MR) is 201 cm³/mol. The molecule has 5 aromatic carbocycles. The fraction of sp³-hybridized carbons (Fsp3) is 0.217. The summed E-state index contributed by atoms with van der Waals surface area (Å²) in [5.41, 5.74) is 13.5. The molecule has 0 radical (unpaired) electrons. The Bertz CT molecular complexity index is 2540. The van der Waals surface area contributed by atoms with E-state index in [2.05, 4.69) is 109 Å². The number of aromatic nitrogens is 2. The SMILES string of the molecule is c1ccc(-c2cc(-c3ccc(-c4ccc5c(c4)oc4ccccc45)c4ncoc34)cc(-c3ccc(C45CC6CC(CC(C6)C4)C5)cc3)n2)cc1. The van der Waals surface area contributed by atoms with Crippen molar-refractivity contribution < 1.29 is 8.83 Å². The maximum Gasteiger partial charge on any atom is 0.182 e. The number of hydrogen-bond donors (Lipinski definition) is 0. The molecule has 0 saturated heterocycles. The van der Waals surface area contributed by atoms with Crippen LogP contribution in [0.1, 0.15) is 44.1 Å². The quantitative estimate of drug-likeness (QED) is 0.186. The van der Waals surface area contributed by atoms with Gasteiger partial charge in [0.25, 0.3) is 0 Å². The highest BCUT2D eigenvalue weighted by molar-refractivity contribution is 6.07. The number of pyridine rings is 1. The molecular weight excluding hydrogens is 613 g/mol. The molecule has 242 valence electrons. The molecule has 8 aromatic rings. The third-order valence-corrected chi connectivity index (χ3v) is 12.2. The van der Waals surface area contributed by atoms with Crippen LogP contribution in [0.3, 0.4) is 0 Å². The second kappa shape index (κ2) is 10.8. The molecule has 4 saturated carbocycles. The highest BCUT2D eigenvalue weighted by atomic mass is 16.3. The first-order valence-corrected chi connectivity index (χ1v) is 18.1. The average Bonchev–Trinajstić information content (AvgIpc) is 3.79. The van der Waals surface area contributed by atoms with Gasteiger partial charge in [0.2, 0.25) is 0 Å². The zero-order valence-corrected chi connectivity index (χ0v) is 27.8. The highest BCUT2D eigenvalue weighted by Crippen LogP contribution is 2.60. The zero-order valence-electron chi connectivity index (χ0n) is 27.8. The Hall–Kier alpha value is -5.48. The summed E-state index contributed by atoms with van der Waals surface area (Å²) in [7, 11) is 0. The molecule has 0 amide bonds. The van der Waals surface area contributed by atoms with E-state index in [1.54, 1.807) is 12.0 Å². The van der Waals surface area contributed by atoms with E-state index < -0.39 is 0 Å². The topological polar surface area (TPSA) is 52.1 Å². The van der Waals surface area contributed by atoms with Crippen molar-refractivity contribution in [3.8, 4) is 44.8 Å². The summed E-state index contributed by atoms with van der Waals surface area (Å²) in [5.74, 6) is 2.79. The summed E-state index contributed by atoms with van der Waals surface area (Å²) in [6.45, 7) is 0. The standard InChI is InChI=1S/C46H36N2O2/c1-2-6-31(7-3-1)40-21-34(22-41(48-40)32-10-13-35(14-11-32)46-24-28-18-29(25-46)20-30(19-28)26-46)37-17-16-36(44-45(37)49-27-47-44)33-12-15-39-38-8-4-5-9-42(38)50-43(39)23-33/h1-17,21-23,27-30H,18-20,24-26H2. The Morgan fingerprint density at radius 1 is 0.540 bits per heavy atom. The van der Waals surface area contributed by atoms with Crippen LogP contribution in [0.25, 0.3) is 77.8 Å². The van der Waals surface area contributed by atoms with Gasteiger partial charge in [0, 0.05) is 33.0 Å². The molecule has 3 aromatic heterocycles. The van der Waals surface area contributed by atoms with Crippen molar-refractivity contribution in [2.75, 3.05) is 0 Å². The van der Waals surface area contributed by atoms with Crippen LogP contribution in [0.4, 0.5) is 0 Å². The molecule has 4 aliphatic carbocycles. The van der Waals surface area contributed by atoms with E-state index in [9.17, 15) is 0 Å². The third-order valence-electron chi connectivity index (χ3n) is 12.2. The first-order chi connectivity index (χ1) is 24.7. The fourth-order valence-electron chi connectivity index (χ4n) is 10.4. The third kappa shape index (κ3) is 4.44. The van der Waals surface area contributed by atoms with E-state index in [1.165, 1.54) is 38.5 Å². The Morgan fingerprint density at radius 3 is 1.94 bits per heavy atom. The molecule has 12 rings (SSSR count). The molecule has 0 unspecified atom stereocenters. The number of oxazole rings is 1. The summed E-state index contributed by atoms with van der Waals surface area (Å²) in [4.78, 5) is 9.98. The number of benzene rings is 5. The smallest absolute Gasteiger partial charge is 0.182 e. The molecule has 4 nitrogen and oxygen atoms in total. The number of furan rings is 1. The van der Waals surface area contributed by atoms with Gasteiger partial charge in [-0.25, -0.2) is 9.97 Å². The summed E-state index contributed by atoms with van der Waals surface area (Å²) < 4.78 is 12.4. The first kappa shape index (κ1) is 28.4. The second-order valence-electron chi connectivity index (χ2n) is 15.3. The van der Waals surface area contributed by atoms with E-state index in [1.807, 2.05) is 12.1 Å². The van der Waals surface area contributed by atoms with Crippen molar-refractivity contribution in [3.63, 3.8) is 0 Å². The van der Waals surface area contributed by atoms with Crippen LogP contribution in [-0.4, -0.2) is 9.97 Å². The molecule has 0 N–H and O–H groups in total. The summed E-state index contributed by atoms with van der Waals surface area (Å²) >= 11 is 0. The minimum Gasteiger partial charge on any atom is -0.456 e. The molecule has 50 heavy (non-hydrogen) atoms. The number of rotatable bonds is 5. The Morgan fingerprint density at radius 2 is 1.18 bits per heavy atom. The van der Waals surface area contributed by atoms with Crippen molar-refractivity contribution in [2.45, 2.75) is 43.9 Å². The van der Waals surface area contributed by atoms with Crippen molar-refractivity contribution >= 4 is 33.0 Å². The van der Waals surface area contributed by atoms with Gasteiger partial charge in [0.1, 0.15) is 16.7 Å². The molecule has 4 heteroatoms. The van der Waals surface area contributed by atoms with Gasteiger partial charge in [-0.1, -0.05) is 84.9 Å². The lowest BCUT2D eigenvalue weighted by Crippen LogP contribution is -2.48. The summed E-state index contributed by atoms with van der Waals surface area (Å²) in [5, 5.41) is 2.24. The second-order valence-corrected chi connectivity index (χ2v) is 15.3. The van der Waals surface area contributed by atoms with E-state index in [0.29, 0.717) is 5.41 Å². The van der Waals surface area contributed by atoms with Gasteiger partial charge in [-0.05, 0) is 115 Å². The summed E-state index contributed by atoms with van der Waals surface area (Å²) in [6, 6.07) is 43.2. The number of hydrogen-bond acceptors (Lipinski definition) is 4. The predicted octanol–water partition coefficient (Wildman–Crippen LogP) is 12.3. The molecule has 0 aliphatic heterocycles. The fourth-order valence-corrected chi connectivity index (χ4v) is 10.4. The van der Waals surface area contributed by atoms with E-state index >= 15 is 0 Å². The largest absolute Gasteiger partial charge is 0.456 e. The molecule has 0 spiro atoms. The van der Waals surface area contributed by atoms with Gasteiger partial charge in [-0.2, -0.15) is 0 Å². The van der Waals surface area contributed by atoms with Crippen molar-refractivity contribution in [1.82, 2.24) is 9.97 Å². The number of nitrogens with zero attached hydrogens (tertiary/aromatic N) is 2. The molecule has 0 atom stereocenters. The van der Waals surface area contributed by atoms with Gasteiger partial charge >= 0.3 is 0 Å². The number of fused-ring (bicyclic) bond motifs is 4. The number of para-hydroxylation sites is 1. The van der Waals surface area contributed by atoms with Crippen LogP contribution < -0.4 is 0 Å². The summed E-state index contributed by atoms with van der Waals surface area (Å²) in [6.07, 6.45) is 10.1. The van der Waals surface area contributed by atoms with Gasteiger partial charge < -0.3 is 8.83 Å². The van der Waals surface area contributed by atoms with Gasteiger partial charge in [0.15, 0.2) is 12.0 Å². The molecule has 4 aliphatic rings. The van der Waals surface area contributed by atoms with Crippen LogP contribution in [0, 0.1) is 17.8 Å².